The van der Waals surface area contributed by atoms with Gasteiger partial charge < -0.3 is 25.8 Å². The molecule has 0 saturated heterocycles. The van der Waals surface area contributed by atoms with Crippen LogP contribution in [0, 0.1) is 0 Å². The van der Waals surface area contributed by atoms with Crippen molar-refractivity contribution in [1.29, 1.82) is 0 Å². The smallest absolute Gasteiger partial charge is 0.429 e. The molecular formula is C19H28BN2O4. The van der Waals surface area contributed by atoms with E-state index in [1.807, 2.05) is 12.1 Å². The summed E-state index contributed by atoms with van der Waals surface area (Å²) in [6, 6.07) is 7.77. The molecule has 0 aromatic heterocycles. The lowest BCUT2D eigenvalue weighted by atomic mass is 9.56. The van der Waals surface area contributed by atoms with Crippen molar-refractivity contribution in [2.45, 2.75) is 68.6 Å². The highest BCUT2D eigenvalue weighted by Gasteiger charge is 2.48. The van der Waals surface area contributed by atoms with Crippen molar-refractivity contribution >= 4 is 13.6 Å². The van der Waals surface area contributed by atoms with Crippen LogP contribution in [0.2, 0.25) is 0 Å². The first-order valence-corrected chi connectivity index (χ1v) is 9.46. The first kappa shape index (κ1) is 19.4. The van der Waals surface area contributed by atoms with Crippen LogP contribution in [0.15, 0.2) is 24.3 Å². The van der Waals surface area contributed by atoms with Gasteiger partial charge in [0.15, 0.2) is 0 Å². The van der Waals surface area contributed by atoms with Crippen LogP contribution in [0.1, 0.15) is 67.3 Å². The van der Waals surface area contributed by atoms with Gasteiger partial charge in [0.2, 0.25) is 0 Å². The summed E-state index contributed by atoms with van der Waals surface area (Å²) in [5.41, 5.74) is 6.88. The van der Waals surface area contributed by atoms with Crippen LogP contribution in [-0.4, -0.2) is 42.1 Å². The highest BCUT2D eigenvalue weighted by Crippen LogP contribution is 2.53. The van der Waals surface area contributed by atoms with Crippen LogP contribution in [0.3, 0.4) is 0 Å². The predicted molar refractivity (Wildman–Crippen MR) is 99.4 cm³/mol. The Bertz CT molecular complexity index is 615. The number of carbonyl (C=O) groups excluding carboxylic acids is 1. The summed E-state index contributed by atoms with van der Waals surface area (Å²) in [4.78, 5) is 12.6. The fourth-order valence-corrected chi connectivity index (χ4v) is 4.37. The second-order valence-electron chi connectivity index (χ2n) is 7.72. The van der Waals surface area contributed by atoms with Gasteiger partial charge in [-0.2, -0.15) is 0 Å². The Kier molecular flexibility index (Phi) is 6.02. The average molecular weight is 359 g/mol. The predicted octanol–water partition coefficient (Wildman–Crippen LogP) is 1.36. The fourth-order valence-electron chi connectivity index (χ4n) is 4.37. The lowest BCUT2D eigenvalue weighted by molar-refractivity contribution is -0.0660. The monoisotopic (exact) mass is 359 g/mol. The first-order valence-electron chi connectivity index (χ1n) is 9.46. The summed E-state index contributed by atoms with van der Waals surface area (Å²) < 4.78 is 5.06. The van der Waals surface area contributed by atoms with Crippen LogP contribution in [0.4, 0.5) is 0 Å². The van der Waals surface area contributed by atoms with Crippen molar-refractivity contribution in [3.05, 3.63) is 35.4 Å². The Morgan fingerprint density at radius 3 is 2.58 bits per heavy atom. The van der Waals surface area contributed by atoms with Crippen molar-refractivity contribution in [3.8, 4) is 0 Å². The van der Waals surface area contributed by atoms with Gasteiger partial charge >= 0.3 is 7.69 Å². The molecule has 141 valence electrons. The molecule has 4 rings (SSSR count). The number of rotatable bonds is 8. The highest BCUT2D eigenvalue weighted by molar-refractivity contribution is 6.16. The molecule has 5 N–H and O–H groups in total. The first-order chi connectivity index (χ1) is 12.5. The second-order valence-corrected chi connectivity index (χ2v) is 7.72. The highest BCUT2D eigenvalue weighted by atomic mass is 16.5. The van der Waals surface area contributed by atoms with E-state index in [2.05, 4.69) is 11.4 Å². The summed E-state index contributed by atoms with van der Waals surface area (Å²) in [6.45, 7) is 0.492. The topological polar surface area (TPSA) is 105 Å². The van der Waals surface area contributed by atoms with Gasteiger partial charge in [-0.05, 0) is 81.0 Å². The van der Waals surface area contributed by atoms with E-state index in [4.69, 9.17) is 15.4 Å². The maximum absolute atomic E-state index is 12.6. The third kappa shape index (κ3) is 4.12. The summed E-state index contributed by atoms with van der Waals surface area (Å²) >= 11 is 0. The molecule has 0 heterocycles. The zero-order valence-corrected chi connectivity index (χ0v) is 15.1. The fraction of sp³-hybridized carbons (Fsp3) is 0.632. The number of fused-ring (bicyclic) bond motifs is 3. The van der Waals surface area contributed by atoms with Crippen LogP contribution in [0.5, 0.6) is 0 Å². The molecule has 3 aliphatic carbocycles. The minimum atomic E-state index is -0.600. The lowest BCUT2D eigenvalue weighted by Gasteiger charge is -2.51. The van der Waals surface area contributed by atoms with E-state index in [0.29, 0.717) is 32.6 Å². The van der Waals surface area contributed by atoms with Crippen molar-refractivity contribution in [3.63, 3.8) is 0 Å². The molecule has 0 unspecified atom stereocenters. The Hall–Kier alpha value is -1.41. The van der Waals surface area contributed by atoms with Gasteiger partial charge in [-0.15, -0.1) is 0 Å². The van der Waals surface area contributed by atoms with Gasteiger partial charge in [0.25, 0.3) is 5.91 Å². The molecule has 3 fully saturated rings. The molecular weight excluding hydrogens is 331 g/mol. The van der Waals surface area contributed by atoms with E-state index in [1.165, 1.54) is 5.56 Å². The van der Waals surface area contributed by atoms with Crippen molar-refractivity contribution in [2.24, 2.45) is 5.73 Å². The van der Waals surface area contributed by atoms with E-state index in [-0.39, 0.29) is 11.3 Å². The molecule has 3 aliphatic rings. The molecule has 2 bridgehead atoms. The van der Waals surface area contributed by atoms with Crippen molar-refractivity contribution in [2.75, 3.05) is 6.54 Å². The molecule has 1 aromatic rings. The molecule has 1 amide bonds. The molecule has 1 atom stereocenters. The molecule has 1 aromatic carbocycles. The van der Waals surface area contributed by atoms with Crippen LogP contribution in [0.25, 0.3) is 0 Å². The van der Waals surface area contributed by atoms with Gasteiger partial charge in [-0.1, -0.05) is 12.1 Å². The SMILES string of the molecule is NCCC[C@H](NC(=O)c1cccc(C23CCC(O)(CC2)CC3)c1)O[B]O. The van der Waals surface area contributed by atoms with Gasteiger partial charge in [0, 0.05) is 5.56 Å². The third-order valence-electron chi connectivity index (χ3n) is 6.13. The minimum Gasteiger partial charge on any atom is -0.429 e. The van der Waals surface area contributed by atoms with Crippen LogP contribution in [-0.2, 0) is 10.1 Å². The van der Waals surface area contributed by atoms with Gasteiger partial charge in [-0.3, -0.25) is 4.79 Å². The molecule has 1 radical (unpaired) electrons. The van der Waals surface area contributed by atoms with Gasteiger partial charge in [-0.25, -0.2) is 0 Å². The zero-order chi connectivity index (χ0) is 18.6. The molecule has 0 aliphatic heterocycles. The van der Waals surface area contributed by atoms with E-state index in [9.17, 15) is 9.90 Å². The van der Waals surface area contributed by atoms with Crippen molar-refractivity contribution in [1.82, 2.24) is 5.32 Å². The van der Waals surface area contributed by atoms with E-state index in [1.54, 1.807) is 6.07 Å². The molecule has 6 nitrogen and oxygen atoms in total. The second kappa shape index (κ2) is 8.09. The standard InChI is InChI=1S/C19H28BN2O4/c21-12-2-5-16(26-20-25)22-17(23)14-3-1-4-15(13-14)18-6-9-19(24,10-7-18)11-8-18/h1,3-4,13,16,24-25H,2,5-12,21H2,(H,22,23)/t16-,18?,19?/m1/s1. The van der Waals surface area contributed by atoms with Gasteiger partial charge in [0.05, 0.1) is 5.60 Å². The summed E-state index contributed by atoms with van der Waals surface area (Å²) in [5.74, 6) is -0.227. The maximum atomic E-state index is 12.6. The van der Waals surface area contributed by atoms with Crippen LogP contribution < -0.4 is 11.1 Å². The van der Waals surface area contributed by atoms with Crippen molar-refractivity contribution < 1.29 is 19.6 Å². The number of nitrogens with two attached hydrogens (primary N) is 1. The van der Waals surface area contributed by atoms with E-state index >= 15 is 0 Å². The number of amides is 1. The number of hydrogen-bond donors (Lipinski definition) is 4. The zero-order valence-electron chi connectivity index (χ0n) is 15.1. The number of benzene rings is 1. The van der Waals surface area contributed by atoms with Gasteiger partial charge in [0.1, 0.15) is 6.23 Å². The summed E-state index contributed by atoms with van der Waals surface area (Å²) in [5, 5.41) is 22.1. The number of hydrogen-bond acceptors (Lipinski definition) is 5. The summed E-state index contributed by atoms with van der Waals surface area (Å²) in [7, 11) is 0.599. The molecule has 26 heavy (non-hydrogen) atoms. The number of carbonyl (C=O) groups is 1. The third-order valence-corrected chi connectivity index (χ3v) is 6.13. The normalized spacial score (nSPS) is 28.6. The van der Waals surface area contributed by atoms with E-state index < -0.39 is 11.8 Å². The lowest BCUT2D eigenvalue weighted by Crippen LogP contribution is -2.48. The molecule has 3 saturated carbocycles. The Morgan fingerprint density at radius 2 is 1.96 bits per heavy atom. The quantitative estimate of drug-likeness (QED) is 0.414. The average Bonchev–Trinajstić information content (AvgIpc) is 2.67. The summed E-state index contributed by atoms with van der Waals surface area (Å²) in [6.07, 6.45) is 6.03. The maximum Gasteiger partial charge on any atom is 0.486 e. The van der Waals surface area contributed by atoms with E-state index in [0.717, 1.165) is 38.5 Å². The largest absolute Gasteiger partial charge is 0.486 e. The molecule has 0 spiro atoms. The molecule has 7 heteroatoms. The Labute approximate surface area is 155 Å². The number of aliphatic hydroxyl groups is 1. The Morgan fingerprint density at radius 1 is 1.27 bits per heavy atom. The Balaban J connectivity index is 1.71. The number of nitrogens with one attached hydrogen (secondary N) is 1. The van der Waals surface area contributed by atoms with Crippen LogP contribution >= 0.6 is 0 Å². The minimum absolute atomic E-state index is 0.0785.